The predicted octanol–water partition coefficient (Wildman–Crippen LogP) is 5.42. The van der Waals surface area contributed by atoms with Crippen molar-refractivity contribution in [3.63, 3.8) is 0 Å². The van der Waals surface area contributed by atoms with Gasteiger partial charge in [0.15, 0.2) is 10.2 Å². The molecule has 0 bridgehead atoms. The van der Waals surface area contributed by atoms with Crippen LogP contribution >= 0.6 is 23.5 Å². The lowest BCUT2D eigenvalue weighted by Crippen LogP contribution is -2.27. The molecule has 5 rings (SSSR count). The van der Waals surface area contributed by atoms with Gasteiger partial charge >= 0.3 is 0 Å². The van der Waals surface area contributed by atoms with Gasteiger partial charge in [0.1, 0.15) is 5.76 Å². The van der Waals surface area contributed by atoms with E-state index in [2.05, 4.69) is 16.0 Å². The summed E-state index contributed by atoms with van der Waals surface area (Å²) in [6.45, 7) is 0.0526. The number of nitrogens with zero attached hydrogens (tertiary/aromatic N) is 3. The first-order valence-corrected chi connectivity index (χ1v) is 11.2. The second-order valence-electron chi connectivity index (χ2n) is 6.85. The van der Waals surface area contributed by atoms with Crippen molar-refractivity contribution in [1.29, 1.82) is 5.26 Å². The number of nitriles is 1. The first-order chi connectivity index (χ1) is 15.6. The predicted molar refractivity (Wildman–Crippen MR) is 122 cm³/mol. The summed E-state index contributed by atoms with van der Waals surface area (Å²) in [4.78, 5) is 34.4. The van der Waals surface area contributed by atoms with E-state index < -0.39 is 5.91 Å². The van der Waals surface area contributed by atoms with E-state index in [4.69, 9.17) is 4.42 Å². The monoisotopic (exact) mass is 458 g/mol. The summed E-state index contributed by atoms with van der Waals surface area (Å²) < 4.78 is 5.81. The lowest BCUT2D eigenvalue weighted by Gasteiger charge is -2.13. The molecule has 32 heavy (non-hydrogen) atoms. The van der Waals surface area contributed by atoms with Gasteiger partial charge in [-0.25, -0.2) is 4.98 Å². The number of para-hydroxylation sites is 2. The quantitative estimate of drug-likeness (QED) is 0.399. The zero-order valence-electron chi connectivity index (χ0n) is 16.4. The average Bonchev–Trinajstić information content (AvgIpc) is 3.48. The fourth-order valence-electron chi connectivity index (χ4n) is 3.24. The summed E-state index contributed by atoms with van der Waals surface area (Å²) in [5.74, 6) is 0.0576. The first-order valence-electron chi connectivity index (χ1n) is 9.56. The molecule has 7 nitrogen and oxygen atoms in total. The fourth-order valence-corrected chi connectivity index (χ4v) is 4.83. The molecule has 2 aromatic heterocycles. The Bertz CT molecular complexity index is 1400. The van der Waals surface area contributed by atoms with Gasteiger partial charge in [0.25, 0.3) is 11.1 Å². The smallest absolute Gasteiger partial charge is 0.293 e. The summed E-state index contributed by atoms with van der Waals surface area (Å²) in [7, 11) is 0. The van der Waals surface area contributed by atoms with Crippen molar-refractivity contribution in [2.45, 2.75) is 16.8 Å². The van der Waals surface area contributed by atoms with Gasteiger partial charge in [-0.3, -0.25) is 14.5 Å². The van der Waals surface area contributed by atoms with Gasteiger partial charge in [-0.05, 0) is 59.4 Å². The number of amides is 2. The topological polar surface area (TPSA) is 103 Å². The van der Waals surface area contributed by atoms with Crippen molar-refractivity contribution in [3.05, 3.63) is 82.5 Å². The Balaban J connectivity index is 1.32. The third kappa shape index (κ3) is 3.93. The molecule has 0 saturated carbocycles. The maximum Gasteiger partial charge on any atom is 0.293 e. The number of hydrogen-bond acceptors (Lipinski definition) is 7. The molecule has 0 spiro atoms. The van der Waals surface area contributed by atoms with Crippen LogP contribution in [0.5, 0.6) is 0 Å². The molecule has 3 heterocycles. The molecule has 0 atom stereocenters. The minimum absolute atomic E-state index is 0.0526. The minimum Gasteiger partial charge on any atom is -0.450 e. The molecule has 1 N–H and O–H groups in total. The molecule has 0 unspecified atom stereocenters. The lowest BCUT2D eigenvalue weighted by molar-refractivity contribution is -0.123. The molecule has 2 amide bonds. The molecule has 1 fully saturated rings. The Morgan fingerprint density at radius 2 is 1.94 bits per heavy atom. The van der Waals surface area contributed by atoms with Crippen molar-refractivity contribution in [2.75, 3.05) is 0 Å². The molecule has 1 saturated heterocycles. The number of furan rings is 1. The highest BCUT2D eigenvalue weighted by Gasteiger charge is 2.35. The Morgan fingerprint density at radius 1 is 1.12 bits per heavy atom. The number of imide groups is 1. The number of benzene rings is 2. The normalized spacial score (nSPS) is 15.1. The van der Waals surface area contributed by atoms with Crippen LogP contribution in [0.4, 0.5) is 4.79 Å². The second kappa shape index (κ2) is 8.42. The van der Waals surface area contributed by atoms with E-state index in [1.807, 2.05) is 24.3 Å². The summed E-state index contributed by atoms with van der Waals surface area (Å²) in [5.41, 5.74) is 2.87. The van der Waals surface area contributed by atoms with Gasteiger partial charge < -0.3 is 9.40 Å². The van der Waals surface area contributed by atoms with Crippen LogP contribution < -0.4 is 0 Å². The zero-order chi connectivity index (χ0) is 22.1. The SMILES string of the molecule is N#Cc1ccccc1CN1C(=O)SC(=Cc2ccc(Sc3nc4ccccc4[nH]3)o2)C1=O. The van der Waals surface area contributed by atoms with Gasteiger partial charge in [-0.1, -0.05) is 30.3 Å². The molecule has 1 aliphatic heterocycles. The van der Waals surface area contributed by atoms with Crippen LogP contribution in [-0.4, -0.2) is 26.0 Å². The van der Waals surface area contributed by atoms with E-state index in [1.165, 1.54) is 11.8 Å². The number of carbonyl (C=O) groups excluding carboxylic acids is 2. The Kier molecular flexibility index (Phi) is 5.31. The maximum absolute atomic E-state index is 12.8. The van der Waals surface area contributed by atoms with Gasteiger partial charge in [0.05, 0.1) is 34.1 Å². The Morgan fingerprint density at radius 3 is 2.78 bits per heavy atom. The average molecular weight is 459 g/mol. The van der Waals surface area contributed by atoms with E-state index in [0.717, 1.165) is 27.7 Å². The van der Waals surface area contributed by atoms with Crippen molar-refractivity contribution < 1.29 is 14.0 Å². The fraction of sp³-hybridized carbons (Fsp3) is 0.0435. The first kappa shape index (κ1) is 20.2. The van der Waals surface area contributed by atoms with Crippen LogP contribution in [0.1, 0.15) is 16.9 Å². The number of imidazole rings is 1. The number of aromatic nitrogens is 2. The van der Waals surface area contributed by atoms with E-state index in [1.54, 1.807) is 42.5 Å². The van der Waals surface area contributed by atoms with Crippen LogP contribution in [0.3, 0.4) is 0 Å². The highest BCUT2D eigenvalue weighted by molar-refractivity contribution is 8.18. The summed E-state index contributed by atoms with van der Waals surface area (Å²) in [6, 6.07) is 20.3. The molecular weight excluding hydrogens is 444 g/mol. The maximum atomic E-state index is 12.8. The van der Waals surface area contributed by atoms with Crippen molar-refractivity contribution in [1.82, 2.24) is 14.9 Å². The van der Waals surface area contributed by atoms with Crippen LogP contribution in [-0.2, 0) is 11.3 Å². The summed E-state index contributed by atoms with van der Waals surface area (Å²) in [6.07, 6.45) is 1.56. The lowest BCUT2D eigenvalue weighted by atomic mass is 10.1. The summed E-state index contributed by atoms with van der Waals surface area (Å²) >= 11 is 2.19. The zero-order valence-corrected chi connectivity index (χ0v) is 18.1. The molecule has 156 valence electrons. The van der Waals surface area contributed by atoms with Gasteiger partial charge in [0.2, 0.25) is 0 Å². The highest BCUT2D eigenvalue weighted by Crippen LogP contribution is 2.35. The van der Waals surface area contributed by atoms with Gasteiger partial charge in [-0.15, -0.1) is 0 Å². The standard InChI is InChI=1S/C23H14N4O3S2/c24-12-14-5-1-2-6-15(14)13-27-21(28)19(31-23(27)29)11-16-9-10-20(30-16)32-22-25-17-7-3-4-8-18(17)26-22/h1-11H,13H2,(H,25,26). The Hall–Kier alpha value is -3.74. The number of rotatable bonds is 5. The highest BCUT2D eigenvalue weighted by atomic mass is 32.2. The molecule has 1 aliphatic rings. The Labute approximate surface area is 191 Å². The van der Waals surface area contributed by atoms with Gasteiger partial charge in [0, 0.05) is 6.08 Å². The largest absolute Gasteiger partial charge is 0.450 e. The molecule has 4 aromatic rings. The van der Waals surface area contributed by atoms with Crippen LogP contribution in [0, 0.1) is 11.3 Å². The van der Waals surface area contributed by atoms with Crippen molar-refractivity contribution in [3.8, 4) is 6.07 Å². The minimum atomic E-state index is -0.407. The molecule has 0 aliphatic carbocycles. The number of H-pyrrole nitrogens is 1. The molecule has 2 aromatic carbocycles. The number of carbonyl (C=O) groups is 2. The number of fused-ring (bicyclic) bond motifs is 1. The third-order valence-electron chi connectivity index (χ3n) is 4.78. The van der Waals surface area contributed by atoms with E-state index in [9.17, 15) is 14.9 Å². The van der Waals surface area contributed by atoms with Gasteiger partial charge in [-0.2, -0.15) is 5.26 Å². The van der Waals surface area contributed by atoms with Crippen molar-refractivity contribution >= 4 is 51.8 Å². The van der Waals surface area contributed by atoms with Crippen LogP contribution in [0.15, 0.2) is 80.2 Å². The third-order valence-corrected chi connectivity index (χ3v) is 6.49. The number of aromatic amines is 1. The molecular formula is C23H14N4O3S2. The van der Waals surface area contributed by atoms with Crippen LogP contribution in [0.25, 0.3) is 17.1 Å². The van der Waals surface area contributed by atoms with Crippen molar-refractivity contribution in [2.24, 2.45) is 0 Å². The molecule has 9 heteroatoms. The summed E-state index contributed by atoms with van der Waals surface area (Å²) in [5, 5.41) is 10.2. The number of hydrogen-bond donors (Lipinski definition) is 1. The van der Waals surface area contributed by atoms with E-state index >= 15 is 0 Å². The van der Waals surface area contributed by atoms with E-state index in [-0.39, 0.29) is 16.7 Å². The van der Waals surface area contributed by atoms with E-state index in [0.29, 0.717) is 27.1 Å². The van der Waals surface area contributed by atoms with Crippen LogP contribution in [0.2, 0.25) is 0 Å². The number of nitrogens with one attached hydrogen (secondary N) is 1. The molecule has 0 radical (unpaired) electrons. The second-order valence-corrected chi connectivity index (χ2v) is 8.84. The number of thioether (sulfide) groups is 1.